The predicted molar refractivity (Wildman–Crippen MR) is 68.4 cm³/mol. The van der Waals surface area contributed by atoms with Gasteiger partial charge in [-0.25, -0.2) is 0 Å². The van der Waals surface area contributed by atoms with Crippen LogP contribution in [0.2, 0.25) is 0 Å². The first-order valence-electron chi connectivity index (χ1n) is 6.59. The first-order valence-corrected chi connectivity index (χ1v) is 6.59. The lowest BCUT2D eigenvalue weighted by Gasteiger charge is -2.15. The molecule has 0 aromatic carbocycles. The summed E-state index contributed by atoms with van der Waals surface area (Å²) in [5, 5.41) is 3.61. The molecule has 1 saturated carbocycles. The third kappa shape index (κ3) is 2.88. The van der Waals surface area contributed by atoms with Gasteiger partial charge < -0.3 is 9.88 Å². The Labute approximate surface area is 99.0 Å². The van der Waals surface area contributed by atoms with E-state index in [2.05, 4.69) is 49.1 Å². The first kappa shape index (κ1) is 11.7. The number of hydrogen-bond acceptors (Lipinski definition) is 1. The minimum absolute atomic E-state index is 0.596. The molecule has 0 amide bonds. The number of nitrogens with one attached hydrogen (secondary N) is 1. The molecule has 1 N–H and O–H groups in total. The van der Waals surface area contributed by atoms with Gasteiger partial charge in [-0.1, -0.05) is 20.8 Å². The maximum atomic E-state index is 3.61. The SMILES string of the molecule is CCNC(c1ccn(CC(C)C)c1)C1CC1. The van der Waals surface area contributed by atoms with Crippen LogP contribution in [0.1, 0.15) is 45.2 Å². The highest BCUT2D eigenvalue weighted by Crippen LogP contribution is 2.40. The van der Waals surface area contributed by atoms with Gasteiger partial charge in [0.15, 0.2) is 0 Å². The van der Waals surface area contributed by atoms with Crippen LogP contribution in [0, 0.1) is 11.8 Å². The molecule has 1 aliphatic rings. The van der Waals surface area contributed by atoms with Crippen molar-refractivity contribution >= 4 is 0 Å². The Morgan fingerprint density at radius 1 is 1.44 bits per heavy atom. The van der Waals surface area contributed by atoms with E-state index in [1.807, 2.05) is 0 Å². The second-order valence-electron chi connectivity index (χ2n) is 5.41. The summed E-state index contributed by atoms with van der Waals surface area (Å²) >= 11 is 0. The van der Waals surface area contributed by atoms with Crippen LogP contribution < -0.4 is 5.32 Å². The third-order valence-corrected chi connectivity index (χ3v) is 3.23. The van der Waals surface area contributed by atoms with Crippen LogP contribution in [0.25, 0.3) is 0 Å². The maximum Gasteiger partial charge on any atom is 0.0363 e. The van der Waals surface area contributed by atoms with Gasteiger partial charge in [-0.3, -0.25) is 0 Å². The second kappa shape index (κ2) is 5.05. The van der Waals surface area contributed by atoms with E-state index in [0.29, 0.717) is 6.04 Å². The van der Waals surface area contributed by atoms with Crippen LogP contribution in [0.15, 0.2) is 18.5 Å². The normalized spacial score (nSPS) is 18.0. The molecule has 1 fully saturated rings. The van der Waals surface area contributed by atoms with Gasteiger partial charge in [0.1, 0.15) is 0 Å². The summed E-state index contributed by atoms with van der Waals surface area (Å²) in [7, 11) is 0. The molecule has 1 aliphatic carbocycles. The molecule has 1 heterocycles. The number of aromatic nitrogens is 1. The van der Waals surface area contributed by atoms with Crippen LogP contribution in [0.3, 0.4) is 0 Å². The van der Waals surface area contributed by atoms with Crippen molar-refractivity contribution in [3.8, 4) is 0 Å². The van der Waals surface area contributed by atoms with Crippen molar-refractivity contribution < 1.29 is 0 Å². The van der Waals surface area contributed by atoms with E-state index in [1.165, 1.54) is 18.4 Å². The van der Waals surface area contributed by atoms with E-state index in [0.717, 1.165) is 24.9 Å². The lowest BCUT2D eigenvalue weighted by Crippen LogP contribution is -2.22. The van der Waals surface area contributed by atoms with Gasteiger partial charge in [0.05, 0.1) is 0 Å². The first-order chi connectivity index (χ1) is 7.70. The summed E-state index contributed by atoms with van der Waals surface area (Å²) in [6, 6.07) is 2.88. The van der Waals surface area contributed by atoms with E-state index in [-0.39, 0.29) is 0 Å². The van der Waals surface area contributed by atoms with Crippen molar-refractivity contribution in [2.24, 2.45) is 11.8 Å². The molecule has 0 spiro atoms. The Kier molecular flexibility index (Phi) is 3.70. The van der Waals surface area contributed by atoms with E-state index in [4.69, 9.17) is 0 Å². The van der Waals surface area contributed by atoms with Gasteiger partial charge in [0.25, 0.3) is 0 Å². The molecule has 1 unspecified atom stereocenters. The summed E-state index contributed by atoms with van der Waals surface area (Å²) in [4.78, 5) is 0. The van der Waals surface area contributed by atoms with E-state index >= 15 is 0 Å². The average Bonchev–Trinajstić information content (AvgIpc) is 2.96. The minimum Gasteiger partial charge on any atom is -0.354 e. The fourth-order valence-electron chi connectivity index (χ4n) is 2.38. The van der Waals surface area contributed by atoms with Crippen LogP contribution in [-0.4, -0.2) is 11.1 Å². The van der Waals surface area contributed by atoms with Crippen LogP contribution in [0.4, 0.5) is 0 Å². The summed E-state index contributed by atoms with van der Waals surface area (Å²) in [6.07, 6.45) is 7.34. The zero-order chi connectivity index (χ0) is 11.5. The van der Waals surface area contributed by atoms with Gasteiger partial charge in [-0.05, 0) is 42.9 Å². The highest BCUT2D eigenvalue weighted by atomic mass is 15.0. The van der Waals surface area contributed by atoms with Gasteiger partial charge in [-0.2, -0.15) is 0 Å². The quantitative estimate of drug-likeness (QED) is 0.779. The fraction of sp³-hybridized carbons (Fsp3) is 0.714. The molecular formula is C14H24N2. The molecule has 2 heteroatoms. The highest BCUT2D eigenvalue weighted by molar-refractivity contribution is 5.18. The Morgan fingerprint density at radius 3 is 2.75 bits per heavy atom. The molecular weight excluding hydrogens is 196 g/mol. The third-order valence-electron chi connectivity index (χ3n) is 3.23. The molecule has 90 valence electrons. The second-order valence-corrected chi connectivity index (χ2v) is 5.41. The van der Waals surface area contributed by atoms with Crippen molar-refractivity contribution in [1.29, 1.82) is 0 Å². The van der Waals surface area contributed by atoms with Crippen molar-refractivity contribution in [3.05, 3.63) is 24.0 Å². The molecule has 2 rings (SSSR count). The monoisotopic (exact) mass is 220 g/mol. The summed E-state index contributed by atoms with van der Waals surface area (Å²) < 4.78 is 2.33. The topological polar surface area (TPSA) is 17.0 Å². The number of nitrogens with zero attached hydrogens (tertiary/aromatic N) is 1. The zero-order valence-electron chi connectivity index (χ0n) is 10.7. The maximum absolute atomic E-state index is 3.61. The molecule has 0 radical (unpaired) electrons. The van der Waals surface area contributed by atoms with E-state index in [1.54, 1.807) is 0 Å². The molecule has 1 atom stereocenters. The summed E-state index contributed by atoms with van der Waals surface area (Å²) in [5.74, 6) is 1.61. The molecule has 16 heavy (non-hydrogen) atoms. The van der Waals surface area contributed by atoms with Crippen molar-refractivity contribution in [1.82, 2.24) is 9.88 Å². The molecule has 2 nitrogen and oxygen atoms in total. The van der Waals surface area contributed by atoms with Crippen molar-refractivity contribution in [3.63, 3.8) is 0 Å². The highest BCUT2D eigenvalue weighted by Gasteiger charge is 2.31. The van der Waals surface area contributed by atoms with Crippen LogP contribution in [-0.2, 0) is 6.54 Å². The fourth-order valence-corrected chi connectivity index (χ4v) is 2.38. The number of hydrogen-bond donors (Lipinski definition) is 1. The lowest BCUT2D eigenvalue weighted by molar-refractivity contribution is 0.489. The Hall–Kier alpha value is -0.760. The van der Waals surface area contributed by atoms with Gasteiger partial charge in [-0.15, -0.1) is 0 Å². The average molecular weight is 220 g/mol. The minimum atomic E-state index is 0.596. The molecule has 1 aromatic rings. The Morgan fingerprint density at radius 2 is 2.19 bits per heavy atom. The van der Waals surface area contributed by atoms with Crippen molar-refractivity contribution in [2.75, 3.05) is 6.54 Å². The van der Waals surface area contributed by atoms with Crippen molar-refractivity contribution in [2.45, 2.75) is 46.2 Å². The smallest absolute Gasteiger partial charge is 0.0363 e. The Bertz CT molecular complexity index is 323. The zero-order valence-corrected chi connectivity index (χ0v) is 10.7. The molecule has 0 bridgehead atoms. The standard InChI is InChI=1S/C14H24N2/c1-4-15-14(12-5-6-12)13-7-8-16(10-13)9-11(2)3/h7-8,10-12,14-15H,4-6,9H2,1-3H3. The predicted octanol–water partition coefficient (Wildman–Crippen LogP) is 3.20. The molecule has 1 aromatic heterocycles. The largest absolute Gasteiger partial charge is 0.354 e. The lowest BCUT2D eigenvalue weighted by atomic mass is 10.1. The molecule has 0 aliphatic heterocycles. The Balaban J connectivity index is 2.03. The molecule has 0 saturated heterocycles. The summed E-state index contributed by atoms with van der Waals surface area (Å²) in [6.45, 7) is 8.92. The van der Waals surface area contributed by atoms with Crippen LogP contribution in [0.5, 0.6) is 0 Å². The van der Waals surface area contributed by atoms with Crippen LogP contribution >= 0.6 is 0 Å². The van der Waals surface area contributed by atoms with Gasteiger partial charge >= 0.3 is 0 Å². The number of rotatable bonds is 6. The van der Waals surface area contributed by atoms with Gasteiger partial charge in [0.2, 0.25) is 0 Å². The van der Waals surface area contributed by atoms with E-state index < -0.39 is 0 Å². The van der Waals surface area contributed by atoms with Gasteiger partial charge in [0, 0.05) is 25.0 Å². The van der Waals surface area contributed by atoms with E-state index in [9.17, 15) is 0 Å². The summed E-state index contributed by atoms with van der Waals surface area (Å²) in [5.41, 5.74) is 1.48.